The van der Waals surface area contributed by atoms with Crippen molar-refractivity contribution in [1.29, 1.82) is 0 Å². The summed E-state index contributed by atoms with van der Waals surface area (Å²) in [6.07, 6.45) is 0. The molecule has 7 nitrogen and oxygen atoms in total. The van der Waals surface area contributed by atoms with Crippen LogP contribution in [0, 0.1) is 13.8 Å². The van der Waals surface area contributed by atoms with Gasteiger partial charge in [0.2, 0.25) is 0 Å². The van der Waals surface area contributed by atoms with Gasteiger partial charge in [-0.05, 0) is 67.4 Å². The van der Waals surface area contributed by atoms with Gasteiger partial charge in [0.25, 0.3) is 21.8 Å². The summed E-state index contributed by atoms with van der Waals surface area (Å²) in [4.78, 5) is 24.5. The average Bonchev–Trinajstić information content (AvgIpc) is 2.80. The molecule has 0 heterocycles. The summed E-state index contributed by atoms with van der Waals surface area (Å²) in [5.41, 5.74) is 2.99. The predicted molar refractivity (Wildman–Crippen MR) is 129 cm³/mol. The zero-order chi connectivity index (χ0) is 24.0. The Labute approximate surface area is 198 Å². The van der Waals surface area contributed by atoms with Crippen molar-refractivity contribution in [1.82, 2.24) is 10.6 Å². The number of amides is 2. The number of halogens is 1. The minimum atomic E-state index is -3.80. The van der Waals surface area contributed by atoms with E-state index in [0.717, 1.165) is 11.1 Å². The van der Waals surface area contributed by atoms with Crippen LogP contribution < -0.4 is 15.4 Å². The number of hydrogen-bond donors (Lipinski definition) is 3. The van der Waals surface area contributed by atoms with Gasteiger partial charge in [-0.1, -0.05) is 35.9 Å². The third kappa shape index (κ3) is 6.12. The van der Waals surface area contributed by atoms with Gasteiger partial charge >= 0.3 is 0 Å². The quantitative estimate of drug-likeness (QED) is 0.420. The number of nitrogens with one attached hydrogen (secondary N) is 3. The molecule has 0 unspecified atom stereocenters. The van der Waals surface area contributed by atoms with E-state index in [1.54, 1.807) is 36.4 Å². The molecule has 3 N–H and O–H groups in total. The molecule has 172 valence electrons. The Morgan fingerprint density at radius 3 is 2.12 bits per heavy atom. The van der Waals surface area contributed by atoms with Crippen LogP contribution in [-0.2, 0) is 10.0 Å². The first-order valence-electron chi connectivity index (χ1n) is 10.2. The molecule has 0 saturated carbocycles. The van der Waals surface area contributed by atoms with Gasteiger partial charge in [0.05, 0.1) is 21.2 Å². The number of sulfonamides is 1. The Morgan fingerprint density at radius 2 is 1.45 bits per heavy atom. The molecular weight excluding hydrogens is 462 g/mol. The highest BCUT2D eigenvalue weighted by molar-refractivity contribution is 7.92. The van der Waals surface area contributed by atoms with Gasteiger partial charge in [0.1, 0.15) is 0 Å². The second kappa shape index (κ2) is 10.5. The molecule has 0 radical (unpaired) electrons. The summed E-state index contributed by atoms with van der Waals surface area (Å²) in [6, 6.07) is 17.7. The van der Waals surface area contributed by atoms with Gasteiger partial charge < -0.3 is 10.6 Å². The lowest BCUT2D eigenvalue weighted by molar-refractivity contribution is 0.0927. The lowest BCUT2D eigenvalue weighted by atomic mass is 10.1. The fourth-order valence-electron chi connectivity index (χ4n) is 3.05. The highest BCUT2D eigenvalue weighted by Crippen LogP contribution is 2.22. The molecule has 0 saturated heterocycles. The summed E-state index contributed by atoms with van der Waals surface area (Å²) in [7, 11) is -3.80. The summed E-state index contributed by atoms with van der Waals surface area (Å²) in [5.74, 6) is -0.714. The maximum Gasteiger partial charge on any atom is 0.261 e. The number of carbonyl (C=O) groups excluding carboxylic acids is 2. The summed E-state index contributed by atoms with van der Waals surface area (Å²) < 4.78 is 28.0. The van der Waals surface area contributed by atoms with Crippen LogP contribution in [0.25, 0.3) is 0 Å². The minimum Gasteiger partial charge on any atom is -0.350 e. The molecule has 0 aromatic heterocycles. The van der Waals surface area contributed by atoms with Crippen LogP contribution in [0.1, 0.15) is 31.8 Å². The number of rotatable bonds is 8. The van der Waals surface area contributed by atoms with Gasteiger partial charge in [-0.3, -0.25) is 14.3 Å². The minimum absolute atomic E-state index is 0.0481. The van der Waals surface area contributed by atoms with Crippen molar-refractivity contribution in [2.24, 2.45) is 0 Å². The van der Waals surface area contributed by atoms with E-state index in [2.05, 4.69) is 15.4 Å². The summed E-state index contributed by atoms with van der Waals surface area (Å²) in [6.45, 7) is 4.16. The first-order valence-corrected chi connectivity index (χ1v) is 12.0. The van der Waals surface area contributed by atoms with Gasteiger partial charge in [0, 0.05) is 18.7 Å². The molecule has 0 spiro atoms. The van der Waals surface area contributed by atoms with Gasteiger partial charge in [-0.2, -0.15) is 0 Å². The van der Waals surface area contributed by atoms with Crippen LogP contribution >= 0.6 is 11.6 Å². The van der Waals surface area contributed by atoms with E-state index in [4.69, 9.17) is 11.6 Å². The average molecular weight is 486 g/mol. The van der Waals surface area contributed by atoms with Gasteiger partial charge in [0.15, 0.2) is 0 Å². The molecule has 9 heteroatoms. The number of anilines is 1. The van der Waals surface area contributed by atoms with Crippen molar-refractivity contribution < 1.29 is 18.0 Å². The molecule has 33 heavy (non-hydrogen) atoms. The highest BCUT2D eigenvalue weighted by Gasteiger charge is 2.17. The number of hydrogen-bond acceptors (Lipinski definition) is 4. The SMILES string of the molecule is Cc1cccc(NS(=O)(=O)c2ccc(C(=O)NCCNC(=O)c3ccccc3Cl)cc2)c1C. The summed E-state index contributed by atoms with van der Waals surface area (Å²) >= 11 is 5.99. The molecule has 0 atom stereocenters. The number of aryl methyl sites for hydroxylation is 1. The van der Waals surface area contributed by atoms with Crippen LogP contribution in [0.5, 0.6) is 0 Å². The van der Waals surface area contributed by atoms with Crippen molar-refractivity contribution in [2.75, 3.05) is 17.8 Å². The van der Waals surface area contributed by atoms with Crippen LogP contribution in [0.3, 0.4) is 0 Å². The normalized spacial score (nSPS) is 11.0. The van der Waals surface area contributed by atoms with Gasteiger partial charge in [-0.25, -0.2) is 8.42 Å². The zero-order valence-corrected chi connectivity index (χ0v) is 19.8. The Bertz CT molecular complexity index is 1280. The van der Waals surface area contributed by atoms with Crippen LogP contribution in [0.15, 0.2) is 71.6 Å². The standard InChI is InChI=1S/C24H24ClN3O4S/c1-16-6-5-9-22(17(16)2)28-33(31,32)19-12-10-18(11-13-19)23(29)26-14-15-27-24(30)20-7-3-4-8-21(20)25/h3-13,28H,14-15H2,1-2H3,(H,26,29)(H,27,30). The molecule has 2 amide bonds. The Kier molecular flexibility index (Phi) is 7.73. The first kappa shape index (κ1) is 24.3. The monoisotopic (exact) mass is 485 g/mol. The van der Waals surface area contributed by atoms with Crippen molar-refractivity contribution in [3.63, 3.8) is 0 Å². The fourth-order valence-corrected chi connectivity index (χ4v) is 4.39. The third-order valence-electron chi connectivity index (χ3n) is 5.09. The predicted octanol–water partition coefficient (Wildman–Crippen LogP) is 3.92. The van der Waals surface area contributed by atoms with Crippen molar-refractivity contribution in [2.45, 2.75) is 18.7 Å². The summed E-state index contributed by atoms with van der Waals surface area (Å²) in [5, 5.41) is 5.71. The van der Waals surface area contributed by atoms with E-state index in [1.165, 1.54) is 24.3 Å². The molecule has 3 rings (SSSR count). The first-order chi connectivity index (χ1) is 15.7. The van der Waals surface area contributed by atoms with Crippen LogP contribution in [0.4, 0.5) is 5.69 Å². The van der Waals surface area contributed by atoms with Crippen molar-refractivity contribution in [3.05, 3.63) is 94.0 Å². The van der Waals surface area contributed by atoms with E-state index in [-0.39, 0.29) is 29.8 Å². The number of benzene rings is 3. The second-order valence-electron chi connectivity index (χ2n) is 7.37. The Morgan fingerprint density at radius 1 is 0.818 bits per heavy atom. The highest BCUT2D eigenvalue weighted by atomic mass is 35.5. The van der Waals surface area contributed by atoms with Crippen molar-refractivity contribution >= 4 is 39.1 Å². The smallest absolute Gasteiger partial charge is 0.261 e. The molecular formula is C24H24ClN3O4S. The second-order valence-corrected chi connectivity index (χ2v) is 9.46. The molecule has 3 aromatic carbocycles. The molecule has 0 fully saturated rings. The largest absolute Gasteiger partial charge is 0.350 e. The zero-order valence-electron chi connectivity index (χ0n) is 18.2. The van der Waals surface area contributed by atoms with Gasteiger partial charge in [-0.15, -0.1) is 0 Å². The van der Waals surface area contributed by atoms with Crippen molar-refractivity contribution in [3.8, 4) is 0 Å². The molecule has 3 aromatic rings. The molecule has 0 aliphatic carbocycles. The Balaban J connectivity index is 1.55. The van der Waals surface area contributed by atoms with E-state index < -0.39 is 10.0 Å². The van der Waals surface area contributed by atoms with E-state index in [9.17, 15) is 18.0 Å². The third-order valence-corrected chi connectivity index (χ3v) is 6.80. The lowest BCUT2D eigenvalue weighted by Gasteiger charge is -2.12. The van der Waals surface area contributed by atoms with E-state index in [0.29, 0.717) is 21.8 Å². The topological polar surface area (TPSA) is 104 Å². The molecule has 0 aliphatic rings. The number of carbonyl (C=O) groups is 2. The molecule has 0 aliphatic heterocycles. The van der Waals surface area contributed by atoms with E-state index >= 15 is 0 Å². The van der Waals surface area contributed by atoms with Crippen LogP contribution in [0.2, 0.25) is 5.02 Å². The maximum absolute atomic E-state index is 12.7. The Hall–Kier alpha value is -3.36. The maximum atomic E-state index is 12.7. The lowest BCUT2D eigenvalue weighted by Crippen LogP contribution is -2.34. The van der Waals surface area contributed by atoms with E-state index in [1.807, 2.05) is 19.9 Å². The van der Waals surface area contributed by atoms with Crippen LogP contribution in [-0.4, -0.2) is 33.3 Å². The molecule has 0 bridgehead atoms. The fraction of sp³-hybridized carbons (Fsp3) is 0.167.